The minimum Gasteiger partial charge on any atom is -0.462 e. The van der Waals surface area contributed by atoms with Crippen molar-refractivity contribution in [3.63, 3.8) is 0 Å². The van der Waals surface area contributed by atoms with Gasteiger partial charge in [0.2, 0.25) is 5.91 Å². The van der Waals surface area contributed by atoms with Crippen molar-refractivity contribution in [2.24, 2.45) is 0 Å². The highest BCUT2D eigenvalue weighted by molar-refractivity contribution is 5.93. The van der Waals surface area contributed by atoms with E-state index in [1.807, 2.05) is 13.8 Å². The number of amides is 1. The number of carbonyl (C=O) groups is 2. The van der Waals surface area contributed by atoms with Crippen molar-refractivity contribution in [1.82, 2.24) is 14.9 Å². The lowest BCUT2D eigenvalue weighted by Gasteiger charge is -2.13. The summed E-state index contributed by atoms with van der Waals surface area (Å²) in [6.45, 7) is 5.27. The fourth-order valence-electron chi connectivity index (χ4n) is 2.22. The molecule has 7 heteroatoms. The molecule has 0 aliphatic heterocycles. The van der Waals surface area contributed by atoms with Crippen LogP contribution in [0.4, 0.5) is 0 Å². The number of hydrogen-bond acceptors (Lipinski definition) is 5. The Morgan fingerprint density at radius 3 is 2.78 bits per heavy atom. The third-order valence-electron chi connectivity index (χ3n) is 3.09. The van der Waals surface area contributed by atoms with E-state index in [-0.39, 0.29) is 30.7 Å². The molecule has 0 radical (unpaired) electrons. The normalized spacial score (nSPS) is 10.8. The fourth-order valence-corrected chi connectivity index (χ4v) is 2.22. The molecule has 23 heavy (non-hydrogen) atoms. The smallest absolute Gasteiger partial charge is 0.343 e. The van der Waals surface area contributed by atoms with Gasteiger partial charge >= 0.3 is 5.97 Å². The Bertz CT molecular complexity index is 796. The number of nitrogens with zero attached hydrogens (tertiary/aromatic N) is 2. The predicted molar refractivity (Wildman–Crippen MR) is 85.2 cm³/mol. The molecule has 2 aromatic heterocycles. The zero-order valence-electron chi connectivity index (χ0n) is 13.3. The van der Waals surface area contributed by atoms with Gasteiger partial charge in [-0.05, 0) is 39.0 Å². The number of hydrogen-bond donors (Lipinski definition) is 1. The van der Waals surface area contributed by atoms with Crippen molar-refractivity contribution in [3.05, 3.63) is 40.3 Å². The molecule has 0 atom stereocenters. The topological polar surface area (TPSA) is 90.3 Å². The summed E-state index contributed by atoms with van der Waals surface area (Å²) in [5.41, 5.74) is -0.345. The van der Waals surface area contributed by atoms with Crippen molar-refractivity contribution in [2.75, 3.05) is 6.61 Å². The lowest BCUT2D eigenvalue weighted by atomic mass is 10.2. The molecule has 0 saturated carbocycles. The Labute approximate surface area is 133 Å². The van der Waals surface area contributed by atoms with Crippen LogP contribution in [0.3, 0.4) is 0 Å². The van der Waals surface area contributed by atoms with Gasteiger partial charge in [-0.25, -0.2) is 9.78 Å². The van der Waals surface area contributed by atoms with Crippen molar-refractivity contribution in [2.45, 2.75) is 33.4 Å². The van der Waals surface area contributed by atoms with Gasteiger partial charge in [0, 0.05) is 17.6 Å². The predicted octanol–water partition coefficient (Wildman–Crippen LogP) is 1.10. The summed E-state index contributed by atoms with van der Waals surface area (Å²) in [7, 11) is 0. The van der Waals surface area contributed by atoms with Gasteiger partial charge in [0.05, 0.1) is 6.61 Å². The van der Waals surface area contributed by atoms with Gasteiger partial charge in [-0.1, -0.05) is 0 Å². The van der Waals surface area contributed by atoms with Crippen LogP contribution in [-0.2, 0) is 16.1 Å². The molecule has 2 heterocycles. The lowest BCUT2D eigenvalue weighted by molar-refractivity contribution is -0.122. The summed E-state index contributed by atoms with van der Waals surface area (Å²) in [6.07, 6.45) is 1.53. The average molecular weight is 317 g/mol. The number of nitrogens with one attached hydrogen (secondary N) is 1. The standard InChI is InChI=1S/C16H19N3O4/c1-4-23-16(22)12-8-11-6-5-7-17-14(11)19(15(12)21)9-13(20)18-10(2)3/h5-8,10H,4,9H2,1-3H3,(H,18,20). The molecule has 7 nitrogen and oxygen atoms in total. The number of carbonyl (C=O) groups excluding carboxylic acids is 2. The highest BCUT2D eigenvalue weighted by Gasteiger charge is 2.18. The van der Waals surface area contributed by atoms with Gasteiger partial charge in [-0.3, -0.25) is 14.2 Å². The molecule has 1 amide bonds. The van der Waals surface area contributed by atoms with Gasteiger partial charge in [-0.2, -0.15) is 0 Å². The number of ether oxygens (including phenoxy) is 1. The maximum atomic E-state index is 12.6. The maximum Gasteiger partial charge on any atom is 0.343 e. The van der Waals surface area contributed by atoms with E-state index in [1.165, 1.54) is 16.8 Å². The van der Waals surface area contributed by atoms with Crippen LogP contribution in [0.2, 0.25) is 0 Å². The van der Waals surface area contributed by atoms with Gasteiger partial charge in [0.15, 0.2) is 0 Å². The van der Waals surface area contributed by atoms with Crippen molar-refractivity contribution in [1.29, 1.82) is 0 Å². The molecule has 1 N–H and O–H groups in total. The van der Waals surface area contributed by atoms with Crippen molar-refractivity contribution >= 4 is 22.9 Å². The fraction of sp³-hybridized carbons (Fsp3) is 0.375. The Morgan fingerprint density at radius 1 is 1.39 bits per heavy atom. The Kier molecular flexibility index (Phi) is 5.10. The third-order valence-corrected chi connectivity index (χ3v) is 3.09. The maximum absolute atomic E-state index is 12.6. The molecule has 0 spiro atoms. The van der Waals surface area contributed by atoms with E-state index in [9.17, 15) is 14.4 Å². The second-order valence-electron chi connectivity index (χ2n) is 5.31. The van der Waals surface area contributed by atoms with E-state index in [0.717, 1.165) is 0 Å². The summed E-state index contributed by atoms with van der Waals surface area (Å²) in [4.78, 5) is 40.7. The van der Waals surface area contributed by atoms with Crippen LogP contribution < -0.4 is 10.9 Å². The first-order valence-corrected chi connectivity index (χ1v) is 7.39. The number of rotatable bonds is 5. The van der Waals surface area contributed by atoms with Gasteiger partial charge < -0.3 is 10.1 Å². The van der Waals surface area contributed by atoms with Crippen molar-refractivity contribution < 1.29 is 14.3 Å². The molecule has 0 bridgehead atoms. The molecule has 2 aromatic rings. The monoisotopic (exact) mass is 317 g/mol. The van der Waals surface area contributed by atoms with Crippen LogP contribution in [0.1, 0.15) is 31.1 Å². The number of aromatic nitrogens is 2. The van der Waals surface area contributed by atoms with E-state index < -0.39 is 11.5 Å². The van der Waals surface area contributed by atoms with Crippen LogP contribution in [0.15, 0.2) is 29.2 Å². The van der Waals surface area contributed by atoms with Gasteiger partial charge in [-0.15, -0.1) is 0 Å². The molecular formula is C16H19N3O4. The largest absolute Gasteiger partial charge is 0.462 e. The summed E-state index contributed by atoms with van der Waals surface area (Å²) < 4.78 is 6.10. The summed E-state index contributed by atoms with van der Waals surface area (Å²) in [5, 5.41) is 3.30. The molecule has 0 aliphatic carbocycles. The third kappa shape index (κ3) is 3.74. The minimum absolute atomic E-state index is 0.0503. The van der Waals surface area contributed by atoms with E-state index in [2.05, 4.69) is 10.3 Å². The second kappa shape index (κ2) is 7.04. The van der Waals surface area contributed by atoms with Crippen molar-refractivity contribution in [3.8, 4) is 0 Å². The Balaban J connectivity index is 2.56. The zero-order valence-corrected chi connectivity index (χ0v) is 13.3. The first kappa shape index (κ1) is 16.7. The summed E-state index contributed by atoms with van der Waals surface area (Å²) in [5.74, 6) is -1.03. The van der Waals surface area contributed by atoms with Crippen LogP contribution in [0.25, 0.3) is 11.0 Å². The van der Waals surface area contributed by atoms with E-state index in [0.29, 0.717) is 11.0 Å². The molecule has 0 saturated heterocycles. The Hall–Kier alpha value is -2.70. The highest BCUT2D eigenvalue weighted by Crippen LogP contribution is 2.11. The minimum atomic E-state index is -0.707. The lowest BCUT2D eigenvalue weighted by Crippen LogP contribution is -2.37. The number of pyridine rings is 2. The molecular weight excluding hydrogens is 298 g/mol. The zero-order chi connectivity index (χ0) is 17.0. The van der Waals surface area contributed by atoms with E-state index in [4.69, 9.17) is 4.74 Å². The van der Waals surface area contributed by atoms with Gasteiger partial charge in [0.25, 0.3) is 5.56 Å². The first-order valence-electron chi connectivity index (χ1n) is 7.39. The molecule has 0 aliphatic rings. The number of esters is 1. The highest BCUT2D eigenvalue weighted by atomic mass is 16.5. The molecule has 2 rings (SSSR count). The SMILES string of the molecule is CCOC(=O)c1cc2cccnc2n(CC(=O)NC(C)C)c1=O. The van der Waals surface area contributed by atoms with Crippen LogP contribution in [0, 0.1) is 0 Å². The van der Waals surface area contributed by atoms with Crippen LogP contribution >= 0.6 is 0 Å². The van der Waals surface area contributed by atoms with Gasteiger partial charge in [0.1, 0.15) is 17.8 Å². The average Bonchev–Trinajstić information content (AvgIpc) is 2.49. The number of fused-ring (bicyclic) bond motifs is 1. The molecule has 0 unspecified atom stereocenters. The first-order chi connectivity index (χ1) is 10.9. The molecule has 0 fully saturated rings. The van der Waals surface area contributed by atoms with Crippen LogP contribution in [-0.4, -0.2) is 34.1 Å². The molecule has 0 aromatic carbocycles. The second-order valence-corrected chi connectivity index (χ2v) is 5.31. The Morgan fingerprint density at radius 2 is 2.13 bits per heavy atom. The summed E-state index contributed by atoms with van der Waals surface area (Å²) >= 11 is 0. The summed E-state index contributed by atoms with van der Waals surface area (Å²) in [6, 6.07) is 4.81. The molecule has 122 valence electrons. The quantitative estimate of drug-likeness (QED) is 0.834. The van der Waals surface area contributed by atoms with E-state index >= 15 is 0 Å². The van der Waals surface area contributed by atoms with Crippen LogP contribution in [0.5, 0.6) is 0 Å². The van der Waals surface area contributed by atoms with E-state index in [1.54, 1.807) is 19.1 Å².